The van der Waals surface area contributed by atoms with Crippen molar-refractivity contribution in [2.24, 2.45) is 0 Å². The van der Waals surface area contributed by atoms with Crippen molar-refractivity contribution in [3.05, 3.63) is 12.2 Å². The highest BCUT2D eigenvalue weighted by atomic mass is 16.7. The summed E-state index contributed by atoms with van der Waals surface area (Å²) in [5.41, 5.74) is 0. The molecule has 0 aromatic carbocycles. The van der Waals surface area contributed by atoms with Gasteiger partial charge in [0.15, 0.2) is 0 Å². The molecule has 0 unspecified atom stereocenters. The van der Waals surface area contributed by atoms with E-state index in [1.165, 1.54) is 12.2 Å². The minimum atomic E-state index is 0.00519. The van der Waals surface area contributed by atoms with Crippen molar-refractivity contribution in [2.75, 3.05) is 14.2 Å². The minimum Gasteiger partial charge on any atom is -0.275 e. The molecule has 0 aromatic rings. The molecule has 1 amide bonds. The summed E-state index contributed by atoms with van der Waals surface area (Å²) in [7, 11) is 3.09. The van der Waals surface area contributed by atoms with E-state index in [2.05, 4.69) is 0 Å². The Morgan fingerprint density at radius 3 is 2.73 bits per heavy atom. The Morgan fingerprint density at radius 2 is 2.27 bits per heavy atom. The van der Waals surface area contributed by atoms with E-state index in [1.807, 2.05) is 19.1 Å². The van der Waals surface area contributed by atoms with Gasteiger partial charge < -0.3 is 0 Å². The molecule has 0 aromatic heterocycles. The Morgan fingerprint density at radius 1 is 1.64 bits per heavy atom. The SMILES string of the molecule is C/C=C/CCC(=O)N(C)OC. The van der Waals surface area contributed by atoms with Gasteiger partial charge in [0, 0.05) is 13.5 Å². The molecule has 0 aliphatic carbocycles. The van der Waals surface area contributed by atoms with Gasteiger partial charge in [-0.15, -0.1) is 0 Å². The molecule has 0 aliphatic rings. The maximum absolute atomic E-state index is 11.0. The van der Waals surface area contributed by atoms with Crippen LogP contribution in [0, 0.1) is 0 Å². The van der Waals surface area contributed by atoms with E-state index in [-0.39, 0.29) is 5.91 Å². The molecule has 0 N–H and O–H groups in total. The molecule has 0 spiro atoms. The molecule has 0 fully saturated rings. The third-order valence-corrected chi connectivity index (χ3v) is 1.39. The lowest BCUT2D eigenvalue weighted by Crippen LogP contribution is -2.24. The maximum Gasteiger partial charge on any atom is 0.246 e. The Bertz CT molecular complexity index is 143. The van der Waals surface area contributed by atoms with Crippen LogP contribution in [0.1, 0.15) is 19.8 Å². The average Bonchev–Trinajstić information content (AvgIpc) is 2.03. The van der Waals surface area contributed by atoms with Gasteiger partial charge in [-0.2, -0.15) is 0 Å². The van der Waals surface area contributed by atoms with Crippen LogP contribution < -0.4 is 0 Å². The molecule has 0 atom stereocenters. The number of carbonyl (C=O) groups excluding carboxylic acids is 1. The summed E-state index contributed by atoms with van der Waals surface area (Å²) in [5, 5.41) is 1.24. The van der Waals surface area contributed by atoms with Crippen LogP contribution in [0.5, 0.6) is 0 Å². The van der Waals surface area contributed by atoms with Gasteiger partial charge in [0.2, 0.25) is 5.91 Å². The number of hydrogen-bond donors (Lipinski definition) is 0. The van der Waals surface area contributed by atoms with E-state index < -0.39 is 0 Å². The predicted molar refractivity (Wildman–Crippen MR) is 43.8 cm³/mol. The molecule has 0 aliphatic heterocycles. The van der Waals surface area contributed by atoms with E-state index >= 15 is 0 Å². The van der Waals surface area contributed by atoms with Crippen molar-refractivity contribution in [1.29, 1.82) is 0 Å². The van der Waals surface area contributed by atoms with Gasteiger partial charge in [-0.1, -0.05) is 12.2 Å². The van der Waals surface area contributed by atoms with E-state index in [0.717, 1.165) is 6.42 Å². The number of amides is 1. The third-order valence-electron chi connectivity index (χ3n) is 1.39. The molecule has 0 saturated carbocycles. The summed E-state index contributed by atoms with van der Waals surface area (Å²) in [6.45, 7) is 1.94. The number of hydroxylamine groups is 2. The smallest absolute Gasteiger partial charge is 0.246 e. The molecule has 3 heteroatoms. The van der Waals surface area contributed by atoms with Gasteiger partial charge in [-0.3, -0.25) is 9.63 Å². The first-order valence-corrected chi connectivity index (χ1v) is 3.64. The van der Waals surface area contributed by atoms with Gasteiger partial charge in [0.05, 0.1) is 7.11 Å². The van der Waals surface area contributed by atoms with E-state index in [1.54, 1.807) is 7.05 Å². The summed E-state index contributed by atoms with van der Waals surface area (Å²) < 4.78 is 0. The normalized spacial score (nSPS) is 10.5. The van der Waals surface area contributed by atoms with Gasteiger partial charge in [-0.05, 0) is 13.3 Å². The van der Waals surface area contributed by atoms with Crippen molar-refractivity contribution >= 4 is 5.91 Å². The van der Waals surface area contributed by atoms with Crippen molar-refractivity contribution in [1.82, 2.24) is 5.06 Å². The molecule has 0 heterocycles. The van der Waals surface area contributed by atoms with E-state index in [9.17, 15) is 4.79 Å². The summed E-state index contributed by atoms with van der Waals surface area (Å²) >= 11 is 0. The lowest BCUT2D eigenvalue weighted by atomic mass is 10.3. The van der Waals surface area contributed by atoms with E-state index in [0.29, 0.717) is 6.42 Å². The second kappa shape index (κ2) is 5.92. The molecule has 64 valence electrons. The average molecular weight is 157 g/mol. The second-order valence-electron chi connectivity index (χ2n) is 2.18. The highest BCUT2D eigenvalue weighted by molar-refractivity contribution is 5.74. The van der Waals surface area contributed by atoms with Gasteiger partial charge in [0.1, 0.15) is 0 Å². The van der Waals surface area contributed by atoms with Crippen LogP contribution in [0.2, 0.25) is 0 Å². The molecule has 0 rings (SSSR count). The molecule has 0 saturated heterocycles. The van der Waals surface area contributed by atoms with Crippen molar-refractivity contribution in [2.45, 2.75) is 19.8 Å². The Labute approximate surface area is 67.6 Å². The first-order chi connectivity index (χ1) is 5.22. The molecule has 0 radical (unpaired) electrons. The minimum absolute atomic E-state index is 0.00519. The predicted octanol–water partition coefficient (Wildman–Crippen LogP) is 1.36. The van der Waals surface area contributed by atoms with Crippen LogP contribution in [0.4, 0.5) is 0 Å². The van der Waals surface area contributed by atoms with Crippen LogP contribution >= 0.6 is 0 Å². The first-order valence-electron chi connectivity index (χ1n) is 3.64. The number of carbonyl (C=O) groups is 1. The number of hydrogen-bond acceptors (Lipinski definition) is 2. The fourth-order valence-electron chi connectivity index (χ4n) is 0.633. The van der Waals surface area contributed by atoms with Crippen LogP contribution in [0.25, 0.3) is 0 Å². The Kier molecular flexibility index (Phi) is 5.47. The monoisotopic (exact) mass is 157 g/mol. The van der Waals surface area contributed by atoms with Crippen LogP contribution in [0.3, 0.4) is 0 Å². The standard InChI is InChI=1S/C8H15NO2/c1-4-5-6-7-8(10)9(2)11-3/h4-5H,6-7H2,1-3H3/b5-4+. The summed E-state index contributed by atoms with van der Waals surface area (Å²) in [5.74, 6) is 0.00519. The lowest BCUT2D eigenvalue weighted by molar-refractivity contribution is -0.168. The highest BCUT2D eigenvalue weighted by Gasteiger charge is 2.04. The Balaban J connectivity index is 3.52. The van der Waals surface area contributed by atoms with Gasteiger partial charge in [0.25, 0.3) is 0 Å². The zero-order valence-electron chi connectivity index (χ0n) is 7.33. The first kappa shape index (κ1) is 10.2. The van der Waals surface area contributed by atoms with Crippen molar-refractivity contribution < 1.29 is 9.63 Å². The van der Waals surface area contributed by atoms with Gasteiger partial charge in [-0.25, -0.2) is 5.06 Å². The highest BCUT2D eigenvalue weighted by Crippen LogP contribution is 1.96. The van der Waals surface area contributed by atoms with Gasteiger partial charge >= 0.3 is 0 Å². The zero-order chi connectivity index (χ0) is 8.69. The topological polar surface area (TPSA) is 29.5 Å². The largest absolute Gasteiger partial charge is 0.275 e. The molecule has 11 heavy (non-hydrogen) atoms. The zero-order valence-corrected chi connectivity index (χ0v) is 7.33. The lowest BCUT2D eigenvalue weighted by Gasteiger charge is -2.12. The molecule has 0 bridgehead atoms. The summed E-state index contributed by atoms with van der Waals surface area (Å²) in [6.07, 6.45) is 5.18. The van der Waals surface area contributed by atoms with Crippen molar-refractivity contribution in [3.63, 3.8) is 0 Å². The molecular formula is C8H15NO2. The van der Waals surface area contributed by atoms with Crippen molar-refractivity contribution in [3.8, 4) is 0 Å². The number of allylic oxidation sites excluding steroid dienone is 2. The number of rotatable bonds is 4. The van der Waals surface area contributed by atoms with Crippen LogP contribution in [-0.4, -0.2) is 25.1 Å². The third kappa shape index (κ3) is 4.56. The Hall–Kier alpha value is -0.830. The fraction of sp³-hybridized carbons (Fsp3) is 0.625. The second-order valence-corrected chi connectivity index (χ2v) is 2.18. The molecule has 3 nitrogen and oxygen atoms in total. The summed E-state index contributed by atoms with van der Waals surface area (Å²) in [4.78, 5) is 15.7. The fourth-order valence-corrected chi connectivity index (χ4v) is 0.633. The number of nitrogens with zero attached hydrogens (tertiary/aromatic N) is 1. The quantitative estimate of drug-likeness (QED) is 0.455. The van der Waals surface area contributed by atoms with E-state index in [4.69, 9.17) is 4.84 Å². The maximum atomic E-state index is 11.0. The summed E-state index contributed by atoms with van der Waals surface area (Å²) in [6, 6.07) is 0. The molecular weight excluding hydrogens is 142 g/mol. The van der Waals surface area contributed by atoms with Crippen LogP contribution in [0.15, 0.2) is 12.2 Å². The van der Waals surface area contributed by atoms with Crippen LogP contribution in [-0.2, 0) is 9.63 Å².